The van der Waals surface area contributed by atoms with Gasteiger partial charge in [-0.05, 0) is 43.6 Å². The third kappa shape index (κ3) is 3.44. The van der Waals surface area contributed by atoms with E-state index in [9.17, 15) is 9.59 Å². The molecular formula is C14H18BrN5O2. The van der Waals surface area contributed by atoms with E-state index in [2.05, 4.69) is 31.6 Å². The number of amides is 1. The first-order valence-electron chi connectivity index (χ1n) is 6.86. The summed E-state index contributed by atoms with van der Waals surface area (Å²) in [7, 11) is 0. The zero-order valence-corrected chi connectivity index (χ0v) is 14.5. The van der Waals surface area contributed by atoms with E-state index >= 15 is 0 Å². The number of pyridine rings is 1. The highest BCUT2D eigenvalue weighted by atomic mass is 79.9. The zero-order valence-electron chi connectivity index (χ0n) is 12.9. The second kappa shape index (κ2) is 6.04. The lowest BCUT2D eigenvalue weighted by molar-refractivity contribution is 0.102. The summed E-state index contributed by atoms with van der Waals surface area (Å²) in [4.78, 5) is 24.3. The number of aryl methyl sites for hydroxylation is 1. The van der Waals surface area contributed by atoms with Crippen LogP contribution in [0.3, 0.4) is 0 Å². The highest BCUT2D eigenvalue weighted by molar-refractivity contribution is 9.10. The third-order valence-electron chi connectivity index (χ3n) is 3.06. The second-order valence-electron chi connectivity index (χ2n) is 5.85. The molecule has 0 fully saturated rings. The number of nitrogens with zero attached hydrogens (tertiary/aromatic N) is 4. The fourth-order valence-corrected chi connectivity index (χ4v) is 2.22. The molecule has 8 heteroatoms. The molecule has 0 radical (unpaired) electrons. The van der Waals surface area contributed by atoms with Gasteiger partial charge in [0.1, 0.15) is 5.69 Å². The number of hydrogen-bond donors (Lipinski definition) is 1. The molecule has 0 aliphatic carbocycles. The van der Waals surface area contributed by atoms with Crippen LogP contribution in [0.1, 0.15) is 38.2 Å². The van der Waals surface area contributed by atoms with Crippen LogP contribution in [-0.2, 0) is 12.1 Å². The summed E-state index contributed by atoms with van der Waals surface area (Å²) >= 11 is 3.20. The van der Waals surface area contributed by atoms with Gasteiger partial charge in [-0.1, -0.05) is 5.21 Å². The molecule has 22 heavy (non-hydrogen) atoms. The zero-order chi connectivity index (χ0) is 16.5. The highest BCUT2D eigenvalue weighted by Crippen LogP contribution is 2.13. The van der Waals surface area contributed by atoms with Crippen LogP contribution in [0, 0.1) is 0 Å². The van der Waals surface area contributed by atoms with Crippen LogP contribution in [-0.4, -0.2) is 25.5 Å². The predicted molar refractivity (Wildman–Crippen MR) is 87.0 cm³/mol. The summed E-state index contributed by atoms with van der Waals surface area (Å²) in [6, 6.07) is 0. The number of carbonyl (C=O) groups excluding carboxylic acids is 1. The summed E-state index contributed by atoms with van der Waals surface area (Å²) in [5.74, 6) is -0.464. The van der Waals surface area contributed by atoms with Gasteiger partial charge in [-0.3, -0.25) is 9.59 Å². The van der Waals surface area contributed by atoms with Crippen LogP contribution in [0.4, 0.5) is 5.69 Å². The lowest BCUT2D eigenvalue weighted by Crippen LogP contribution is -2.22. The van der Waals surface area contributed by atoms with E-state index < -0.39 is 5.91 Å². The molecule has 2 aromatic rings. The maximum Gasteiger partial charge on any atom is 0.277 e. The molecule has 2 aromatic heterocycles. The van der Waals surface area contributed by atoms with E-state index in [1.807, 2.05) is 27.7 Å². The van der Waals surface area contributed by atoms with Crippen LogP contribution < -0.4 is 10.7 Å². The molecule has 0 aliphatic heterocycles. The van der Waals surface area contributed by atoms with Crippen molar-refractivity contribution in [2.75, 3.05) is 5.32 Å². The topological polar surface area (TPSA) is 81.8 Å². The van der Waals surface area contributed by atoms with Gasteiger partial charge in [-0.25, -0.2) is 4.68 Å². The Hall–Kier alpha value is -1.96. The summed E-state index contributed by atoms with van der Waals surface area (Å²) in [5, 5.41) is 10.4. The van der Waals surface area contributed by atoms with E-state index in [0.29, 0.717) is 11.0 Å². The average Bonchev–Trinajstić information content (AvgIpc) is 2.93. The molecule has 0 aliphatic rings. The highest BCUT2D eigenvalue weighted by Gasteiger charge is 2.19. The van der Waals surface area contributed by atoms with Gasteiger partial charge < -0.3 is 9.88 Å². The molecule has 1 amide bonds. The van der Waals surface area contributed by atoms with Crippen molar-refractivity contribution in [2.45, 2.75) is 39.8 Å². The van der Waals surface area contributed by atoms with Gasteiger partial charge in [0.2, 0.25) is 5.43 Å². The molecule has 0 spiro atoms. The Morgan fingerprint density at radius 3 is 2.55 bits per heavy atom. The fraction of sp³-hybridized carbons (Fsp3) is 0.429. The van der Waals surface area contributed by atoms with Crippen molar-refractivity contribution in [3.63, 3.8) is 0 Å². The Labute approximate surface area is 136 Å². The number of carbonyl (C=O) groups is 1. The molecule has 2 rings (SSSR count). The van der Waals surface area contributed by atoms with E-state index in [4.69, 9.17) is 0 Å². The summed E-state index contributed by atoms with van der Waals surface area (Å²) in [5.41, 5.74) is -0.180. The van der Waals surface area contributed by atoms with Gasteiger partial charge in [-0.15, -0.1) is 5.10 Å². The van der Waals surface area contributed by atoms with Crippen LogP contribution >= 0.6 is 15.9 Å². The summed E-state index contributed by atoms with van der Waals surface area (Å²) in [6.45, 7) is 8.49. The van der Waals surface area contributed by atoms with Crippen LogP contribution in [0.2, 0.25) is 0 Å². The van der Waals surface area contributed by atoms with Crippen molar-refractivity contribution >= 4 is 27.5 Å². The summed E-state index contributed by atoms with van der Waals surface area (Å²) < 4.78 is 3.80. The molecule has 2 heterocycles. The Bertz CT molecular complexity index is 757. The minimum atomic E-state index is -0.464. The van der Waals surface area contributed by atoms with Crippen molar-refractivity contribution in [2.24, 2.45) is 0 Å². The lowest BCUT2D eigenvalue weighted by Gasteiger charge is -2.17. The first kappa shape index (κ1) is 16.4. The molecule has 0 aromatic carbocycles. The van der Waals surface area contributed by atoms with E-state index in [-0.39, 0.29) is 22.3 Å². The van der Waals surface area contributed by atoms with Gasteiger partial charge >= 0.3 is 0 Å². The summed E-state index contributed by atoms with van der Waals surface area (Å²) in [6.07, 6.45) is 4.83. The van der Waals surface area contributed by atoms with Gasteiger partial charge in [0.15, 0.2) is 5.69 Å². The SMILES string of the molecule is CCn1cc(Br)c(=O)c(NC(=O)c2cn(C(C)(C)C)nn2)c1. The van der Waals surface area contributed by atoms with E-state index in [0.717, 1.165) is 0 Å². The minimum Gasteiger partial charge on any atom is -0.351 e. The van der Waals surface area contributed by atoms with E-state index in [1.165, 1.54) is 0 Å². The van der Waals surface area contributed by atoms with Crippen LogP contribution in [0.5, 0.6) is 0 Å². The Kier molecular flexibility index (Phi) is 4.50. The maximum absolute atomic E-state index is 12.2. The minimum absolute atomic E-state index is 0.164. The third-order valence-corrected chi connectivity index (χ3v) is 3.63. The number of aromatic nitrogens is 4. The second-order valence-corrected chi connectivity index (χ2v) is 6.71. The molecule has 0 saturated carbocycles. The van der Waals surface area contributed by atoms with Crippen LogP contribution in [0.25, 0.3) is 0 Å². The molecule has 0 atom stereocenters. The molecule has 118 valence electrons. The van der Waals surface area contributed by atoms with Gasteiger partial charge in [0.25, 0.3) is 5.91 Å². The fourth-order valence-electron chi connectivity index (χ4n) is 1.75. The van der Waals surface area contributed by atoms with Crippen molar-refractivity contribution < 1.29 is 4.79 Å². The molecule has 0 saturated heterocycles. The number of halogens is 1. The lowest BCUT2D eigenvalue weighted by atomic mass is 10.1. The van der Waals surface area contributed by atoms with Gasteiger partial charge in [0.05, 0.1) is 16.2 Å². The molecule has 0 bridgehead atoms. The van der Waals surface area contributed by atoms with Gasteiger partial charge in [0, 0.05) is 18.9 Å². The van der Waals surface area contributed by atoms with E-state index in [1.54, 1.807) is 27.8 Å². The molecular weight excluding hydrogens is 350 g/mol. The Morgan fingerprint density at radius 2 is 2.00 bits per heavy atom. The smallest absolute Gasteiger partial charge is 0.277 e. The number of hydrogen-bond acceptors (Lipinski definition) is 4. The number of nitrogens with one attached hydrogen (secondary N) is 1. The number of anilines is 1. The molecule has 7 nitrogen and oxygen atoms in total. The average molecular weight is 368 g/mol. The quantitative estimate of drug-likeness (QED) is 0.901. The normalized spacial score (nSPS) is 11.5. The maximum atomic E-state index is 12.2. The van der Waals surface area contributed by atoms with Crippen LogP contribution in [0.15, 0.2) is 27.9 Å². The Morgan fingerprint density at radius 1 is 1.32 bits per heavy atom. The van der Waals surface area contributed by atoms with Gasteiger partial charge in [-0.2, -0.15) is 0 Å². The van der Waals surface area contributed by atoms with Crippen molar-refractivity contribution in [1.82, 2.24) is 19.6 Å². The van der Waals surface area contributed by atoms with Crippen molar-refractivity contribution in [3.05, 3.63) is 39.0 Å². The van der Waals surface area contributed by atoms with Crippen molar-refractivity contribution in [1.29, 1.82) is 0 Å². The predicted octanol–water partition coefficient (Wildman–Crippen LogP) is 2.23. The largest absolute Gasteiger partial charge is 0.351 e. The number of rotatable bonds is 3. The molecule has 1 N–H and O–H groups in total. The van der Waals surface area contributed by atoms with Crippen molar-refractivity contribution in [3.8, 4) is 0 Å². The first-order valence-corrected chi connectivity index (χ1v) is 7.65. The monoisotopic (exact) mass is 367 g/mol. The molecule has 0 unspecified atom stereocenters. The first-order chi connectivity index (χ1) is 10.2. The Balaban J connectivity index is 2.28. The standard InChI is InChI=1S/C14H18BrN5O2/c1-5-19-6-9(15)12(21)10(7-19)16-13(22)11-8-20(18-17-11)14(2,3)4/h6-8H,5H2,1-4H3,(H,16,22).